The Bertz CT molecular complexity index is 1470. The minimum absolute atomic E-state index is 0.195. The molecule has 1 heterocycles. The molecule has 0 saturated heterocycles. The average Bonchev–Trinajstić information content (AvgIpc) is 3.24. The van der Waals surface area contributed by atoms with E-state index in [1.165, 1.54) is 5.56 Å². The summed E-state index contributed by atoms with van der Waals surface area (Å²) in [7, 11) is 0. The highest BCUT2D eigenvalue weighted by atomic mass is 35.5. The zero-order valence-corrected chi connectivity index (χ0v) is 18.8. The molecule has 5 aromatic rings. The summed E-state index contributed by atoms with van der Waals surface area (Å²) >= 11 is 6.07. The number of aryl methyl sites for hydroxylation is 1. The van der Waals surface area contributed by atoms with Gasteiger partial charge in [-0.1, -0.05) is 54.1 Å². The smallest absolute Gasteiger partial charge is 0.227 e. The Morgan fingerprint density at radius 1 is 0.939 bits per heavy atom. The van der Waals surface area contributed by atoms with E-state index >= 15 is 0 Å². The molecule has 4 aromatic carbocycles. The first-order valence-corrected chi connectivity index (χ1v) is 11.0. The van der Waals surface area contributed by atoms with Crippen molar-refractivity contribution in [1.82, 2.24) is 4.98 Å². The lowest BCUT2D eigenvalue weighted by atomic mass is 10.0. The van der Waals surface area contributed by atoms with Crippen molar-refractivity contribution < 1.29 is 9.52 Å². The topological polar surface area (TPSA) is 58.6 Å². The predicted molar refractivity (Wildman–Crippen MR) is 134 cm³/mol. The Balaban J connectivity index is 1.44. The number of nitrogens with zero attached hydrogens (tertiary/aromatic N) is 2. The Hall–Kier alpha value is -3.89. The Morgan fingerprint density at radius 2 is 1.79 bits per heavy atom. The van der Waals surface area contributed by atoms with Gasteiger partial charge in [-0.25, -0.2) is 4.98 Å². The van der Waals surface area contributed by atoms with Gasteiger partial charge in [-0.3, -0.25) is 4.99 Å². The van der Waals surface area contributed by atoms with Crippen LogP contribution in [-0.2, 0) is 6.42 Å². The molecule has 0 spiro atoms. The van der Waals surface area contributed by atoms with E-state index < -0.39 is 0 Å². The maximum absolute atomic E-state index is 10.4. The van der Waals surface area contributed by atoms with Crippen LogP contribution in [0.5, 0.6) is 5.75 Å². The third-order valence-corrected chi connectivity index (χ3v) is 5.73. The fraction of sp³-hybridized carbons (Fsp3) is 0.0714. The van der Waals surface area contributed by atoms with Crippen LogP contribution in [0, 0.1) is 6.92 Å². The zero-order chi connectivity index (χ0) is 22.8. The van der Waals surface area contributed by atoms with Gasteiger partial charge in [0.2, 0.25) is 5.89 Å². The molecule has 0 fully saturated rings. The first-order chi connectivity index (χ1) is 16.0. The lowest BCUT2D eigenvalue weighted by Crippen LogP contribution is -1.91. The molecule has 0 aliphatic heterocycles. The SMILES string of the molecule is Cc1ccc(-c2nc3cc(Cl)ccc3o2)cc1N=Cc1cc(Cc2ccccc2)ccc1O. The number of benzene rings is 4. The van der Waals surface area contributed by atoms with Crippen LogP contribution in [0.1, 0.15) is 22.3 Å². The van der Waals surface area contributed by atoms with Crippen LogP contribution in [-0.4, -0.2) is 16.3 Å². The van der Waals surface area contributed by atoms with Gasteiger partial charge in [0.15, 0.2) is 5.58 Å². The van der Waals surface area contributed by atoms with E-state index in [1.807, 2.05) is 61.5 Å². The largest absolute Gasteiger partial charge is 0.507 e. The molecule has 0 amide bonds. The van der Waals surface area contributed by atoms with E-state index in [0.717, 1.165) is 28.8 Å². The summed E-state index contributed by atoms with van der Waals surface area (Å²) in [6.45, 7) is 1.99. The van der Waals surface area contributed by atoms with Gasteiger partial charge in [-0.15, -0.1) is 0 Å². The molecule has 0 bridgehead atoms. The van der Waals surface area contributed by atoms with Crippen molar-refractivity contribution >= 4 is 34.6 Å². The first-order valence-electron chi connectivity index (χ1n) is 10.6. The summed E-state index contributed by atoms with van der Waals surface area (Å²) in [6, 6.07) is 27.1. The molecule has 0 saturated carbocycles. The Kier molecular flexibility index (Phi) is 5.68. The van der Waals surface area contributed by atoms with Crippen molar-refractivity contribution in [2.24, 2.45) is 4.99 Å². The van der Waals surface area contributed by atoms with Crippen LogP contribution < -0.4 is 0 Å². The van der Waals surface area contributed by atoms with Gasteiger partial charge >= 0.3 is 0 Å². The third-order valence-electron chi connectivity index (χ3n) is 5.49. The van der Waals surface area contributed by atoms with E-state index in [4.69, 9.17) is 16.0 Å². The molecule has 1 aromatic heterocycles. The van der Waals surface area contributed by atoms with Crippen LogP contribution in [0.3, 0.4) is 0 Å². The molecule has 0 atom stereocenters. The minimum Gasteiger partial charge on any atom is -0.507 e. The van der Waals surface area contributed by atoms with Crippen LogP contribution in [0.2, 0.25) is 5.02 Å². The van der Waals surface area contributed by atoms with Gasteiger partial charge in [0.25, 0.3) is 0 Å². The number of phenols is 1. The van der Waals surface area contributed by atoms with Crippen LogP contribution in [0.25, 0.3) is 22.6 Å². The van der Waals surface area contributed by atoms with Crippen molar-refractivity contribution in [1.29, 1.82) is 0 Å². The fourth-order valence-electron chi connectivity index (χ4n) is 3.69. The third kappa shape index (κ3) is 4.66. The molecule has 33 heavy (non-hydrogen) atoms. The molecule has 4 nitrogen and oxygen atoms in total. The number of hydrogen-bond donors (Lipinski definition) is 1. The lowest BCUT2D eigenvalue weighted by molar-refractivity contribution is 0.474. The number of oxazole rings is 1. The molecule has 5 rings (SSSR count). The molecular weight excluding hydrogens is 432 g/mol. The summed E-state index contributed by atoms with van der Waals surface area (Å²) in [5, 5.41) is 11.0. The summed E-state index contributed by atoms with van der Waals surface area (Å²) < 4.78 is 5.90. The molecule has 5 heteroatoms. The van der Waals surface area contributed by atoms with Crippen molar-refractivity contribution in [2.45, 2.75) is 13.3 Å². The van der Waals surface area contributed by atoms with Gasteiger partial charge in [-0.2, -0.15) is 0 Å². The van der Waals surface area contributed by atoms with E-state index in [9.17, 15) is 5.11 Å². The second kappa shape index (κ2) is 8.93. The van der Waals surface area contributed by atoms with Gasteiger partial charge in [-0.05, 0) is 72.5 Å². The maximum atomic E-state index is 10.4. The number of halogens is 1. The number of aromatic hydroxyl groups is 1. The molecule has 1 N–H and O–H groups in total. The van der Waals surface area contributed by atoms with Crippen LogP contribution >= 0.6 is 11.6 Å². The summed E-state index contributed by atoms with van der Waals surface area (Å²) in [5.41, 5.74) is 7.00. The molecule has 162 valence electrons. The number of rotatable bonds is 5. The van der Waals surface area contributed by atoms with E-state index in [2.05, 4.69) is 22.1 Å². The second-order valence-corrected chi connectivity index (χ2v) is 8.38. The predicted octanol–water partition coefficient (Wildman–Crippen LogP) is 7.50. The number of hydrogen-bond acceptors (Lipinski definition) is 4. The van der Waals surface area contributed by atoms with Gasteiger partial charge in [0.05, 0.1) is 5.69 Å². The monoisotopic (exact) mass is 452 g/mol. The van der Waals surface area contributed by atoms with Gasteiger partial charge in [0, 0.05) is 22.4 Å². The molecule has 0 radical (unpaired) electrons. The summed E-state index contributed by atoms with van der Waals surface area (Å²) in [6.07, 6.45) is 2.49. The van der Waals surface area contributed by atoms with E-state index in [-0.39, 0.29) is 5.75 Å². The van der Waals surface area contributed by atoms with Crippen molar-refractivity contribution in [2.75, 3.05) is 0 Å². The average molecular weight is 453 g/mol. The van der Waals surface area contributed by atoms with Crippen LogP contribution in [0.4, 0.5) is 5.69 Å². The van der Waals surface area contributed by atoms with E-state index in [0.29, 0.717) is 27.6 Å². The quantitative estimate of drug-likeness (QED) is 0.281. The molecule has 0 aliphatic carbocycles. The van der Waals surface area contributed by atoms with Crippen molar-refractivity contribution in [3.05, 3.63) is 112 Å². The van der Waals surface area contributed by atoms with E-state index in [1.54, 1.807) is 24.4 Å². The normalized spacial score (nSPS) is 11.5. The second-order valence-electron chi connectivity index (χ2n) is 7.95. The fourth-order valence-corrected chi connectivity index (χ4v) is 3.86. The molecule has 0 unspecified atom stereocenters. The molecule has 0 aliphatic rings. The number of aliphatic imine (C=N–C) groups is 1. The Labute approximate surface area is 196 Å². The lowest BCUT2D eigenvalue weighted by Gasteiger charge is -2.06. The number of fused-ring (bicyclic) bond motifs is 1. The minimum atomic E-state index is 0.195. The summed E-state index contributed by atoms with van der Waals surface area (Å²) in [4.78, 5) is 9.22. The molecular formula is C28H21ClN2O2. The first kappa shape index (κ1) is 21.0. The summed E-state index contributed by atoms with van der Waals surface area (Å²) in [5.74, 6) is 0.705. The van der Waals surface area contributed by atoms with Gasteiger partial charge in [0.1, 0.15) is 11.3 Å². The Morgan fingerprint density at radius 3 is 2.64 bits per heavy atom. The number of phenolic OH excluding ortho intramolecular Hbond substituents is 1. The van der Waals surface area contributed by atoms with Crippen molar-refractivity contribution in [3.63, 3.8) is 0 Å². The highest BCUT2D eigenvalue weighted by molar-refractivity contribution is 6.31. The van der Waals surface area contributed by atoms with Gasteiger partial charge < -0.3 is 9.52 Å². The standard InChI is InChI=1S/C28H21ClN2O2/c1-18-7-9-21(28-31-25-16-23(29)10-12-27(25)33-28)15-24(18)30-17-22-14-20(8-11-26(22)32)13-19-5-3-2-4-6-19/h2-12,14-17,32H,13H2,1H3. The van der Waals surface area contributed by atoms with Crippen molar-refractivity contribution in [3.8, 4) is 17.2 Å². The van der Waals surface area contributed by atoms with Crippen LogP contribution in [0.15, 0.2) is 94.3 Å². The maximum Gasteiger partial charge on any atom is 0.227 e. The number of aromatic nitrogens is 1. The zero-order valence-electron chi connectivity index (χ0n) is 18.0. The highest BCUT2D eigenvalue weighted by Gasteiger charge is 2.10. The highest BCUT2D eigenvalue weighted by Crippen LogP contribution is 2.30.